The number of aliphatic hydroxyl groups is 1. The van der Waals surface area contributed by atoms with E-state index < -0.39 is 6.10 Å². The van der Waals surface area contributed by atoms with E-state index in [4.69, 9.17) is 4.74 Å². The smallest absolute Gasteiger partial charge is 0.234 e. The van der Waals surface area contributed by atoms with Crippen molar-refractivity contribution < 1.29 is 19.4 Å². The lowest BCUT2D eigenvalue weighted by Gasteiger charge is -2.21. The molecule has 0 saturated heterocycles. The fourth-order valence-electron chi connectivity index (χ4n) is 2.09. The van der Waals surface area contributed by atoms with E-state index in [0.717, 1.165) is 0 Å². The van der Waals surface area contributed by atoms with Crippen LogP contribution in [0, 0.1) is 0 Å². The fourth-order valence-corrected chi connectivity index (χ4v) is 2.09. The van der Waals surface area contributed by atoms with E-state index in [2.05, 4.69) is 5.32 Å². The Morgan fingerprint density at radius 2 is 2.04 bits per heavy atom. The molecule has 0 radical (unpaired) electrons. The van der Waals surface area contributed by atoms with Crippen LogP contribution in [0.15, 0.2) is 24.3 Å². The molecule has 1 amide bonds. The average Bonchev–Trinajstić information content (AvgIpc) is 2.44. The van der Waals surface area contributed by atoms with Gasteiger partial charge in [0.1, 0.15) is 18.5 Å². The van der Waals surface area contributed by atoms with Crippen molar-refractivity contribution in [1.29, 1.82) is 0 Å². The maximum Gasteiger partial charge on any atom is 0.234 e. The van der Waals surface area contributed by atoms with Crippen molar-refractivity contribution in [3.63, 3.8) is 0 Å². The molecule has 0 fully saturated rings. The maximum absolute atomic E-state index is 11.6. The Bertz CT molecular complexity index is 531. The summed E-state index contributed by atoms with van der Waals surface area (Å²) in [7, 11) is 1.76. The minimum atomic E-state index is -0.729. The molecule has 0 bridgehead atoms. The zero-order valence-electron chi connectivity index (χ0n) is 14.2. The van der Waals surface area contributed by atoms with Crippen molar-refractivity contribution >= 4 is 11.7 Å². The first-order chi connectivity index (χ1) is 10.8. The maximum atomic E-state index is 11.6. The SMILES string of the molecule is CC(=O)c1cccc(OCC(O)CN(C)CC(=O)NC(C)C)c1. The predicted molar refractivity (Wildman–Crippen MR) is 88.7 cm³/mol. The molecule has 0 aliphatic carbocycles. The summed E-state index contributed by atoms with van der Waals surface area (Å²) < 4.78 is 5.50. The van der Waals surface area contributed by atoms with Gasteiger partial charge in [0.2, 0.25) is 5.91 Å². The van der Waals surface area contributed by atoms with E-state index >= 15 is 0 Å². The summed E-state index contributed by atoms with van der Waals surface area (Å²) in [6.07, 6.45) is -0.729. The second-order valence-electron chi connectivity index (χ2n) is 5.97. The lowest BCUT2D eigenvalue weighted by molar-refractivity contribution is -0.122. The third kappa shape index (κ3) is 7.76. The van der Waals surface area contributed by atoms with Crippen molar-refractivity contribution in [3.05, 3.63) is 29.8 Å². The third-order valence-electron chi connectivity index (χ3n) is 3.07. The molecule has 0 heterocycles. The van der Waals surface area contributed by atoms with Crippen LogP contribution in [0.5, 0.6) is 5.75 Å². The van der Waals surface area contributed by atoms with Crippen LogP contribution in [0.2, 0.25) is 0 Å². The summed E-state index contributed by atoms with van der Waals surface area (Å²) in [4.78, 5) is 24.7. The first-order valence-corrected chi connectivity index (χ1v) is 7.67. The van der Waals surface area contributed by atoms with Crippen LogP contribution in [0.25, 0.3) is 0 Å². The van der Waals surface area contributed by atoms with Crippen molar-refractivity contribution in [2.45, 2.75) is 32.9 Å². The fraction of sp³-hybridized carbons (Fsp3) is 0.529. The van der Waals surface area contributed by atoms with Gasteiger partial charge in [-0.15, -0.1) is 0 Å². The average molecular weight is 322 g/mol. The number of nitrogens with zero attached hydrogens (tertiary/aromatic N) is 1. The molecule has 1 atom stereocenters. The number of carbonyl (C=O) groups excluding carboxylic acids is 2. The number of aliphatic hydroxyl groups excluding tert-OH is 1. The second kappa shape index (κ2) is 9.27. The second-order valence-corrected chi connectivity index (χ2v) is 5.97. The number of carbonyl (C=O) groups is 2. The van der Waals surface area contributed by atoms with E-state index in [-0.39, 0.29) is 30.9 Å². The highest BCUT2D eigenvalue weighted by molar-refractivity contribution is 5.94. The van der Waals surface area contributed by atoms with Gasteiger partial charge in [-0.1, -0.05) is 12.1 Å². The van der Waals surface area contributed by atoms with Crippen molar-refractivity contribution in [2.24, 2.45) is 0 Å². The highest BCUT2D eigenvalue weighted by Gasteiger charge is 2.13. The first-order valence-electron chi connectivity index (χ1n) is 7.67. The quantitative estimate of drug-likeness (QED) is 0.665. The first kappa shape index (κ1) is 19.1. The van der Waals surface area contributed by atoms with Gasteiger partial charge in [0, 0.05) is 18.2 Å². The minimum absolute atomic E-state index is 0.0353. The van der Waals surface area contributed by atoms with Gasteiger partial charge in [0.25, 0.3) is 0 Å². The Balaban J connectivity index is 2.39. The lowest BCUT2D eigenvalue weighted by atomic mass is 10.1. The van der Waals surface area contributed by atoms with Gasteiger partial charge in [-0.25, -0.2) is 0 Å². The lowest BCUT2D eigenvalue weighted by Crippen LogP contribution is -2.42. The van der Waals surface area contributed by atoms with E-state index in [9.17, 15) is 14.7 Å². The number of Topliss-reactive ketones (excluding diaryl/α,β-unsaturated/α-hetero) is 1. The number of hydrogen-bond acceptors (Lipinski definition) is 5. The van der Waals surface area contributed by atoms with Gasteiger partial charge < -0.3 is 15.2 Å². The zero-order chi connectivity index (χ0) is 17.4. The molecule has 2 N–H and O–H groups in total. The molecule has 0 aromatic heterocycles. The molecule has 1 aromatic carbocycles. The molecular formula is C17H26N2O4. The van der Waals surface area contributed by atoms with E-state index in [1.165, 1.54) is 6.92 Å². The largest absolute Gasteiger partial charge is 0.491 e. The highest BCUT2D eigenvalue weighted by atomic mass is 16.5. The number of ketones is 1. The molecule has 6 heteroatoms. The Kier molecular flexibility index (Phi) is 7.71. The number of benzene rings is 1. The summed E-state index contributed by atoms with van der Waals surface area (Å²) in [6, 6.07) is 6.93. The van der Waals surface area contributed by atoms with Crippen LogP contribution in [0.3, 0.4) is 0 Å². The molecule has 6 nitrogen and oxygen atoms in total. The number of ether oxygens (including phenoxy) is 1. The molecule has 0 spiro atoms. The number of likely N-dealkylation sites (N-methyl/N-ethyl adjacent to an activating group) is 1. The minimum Gasteiger partial charge on any atom is -0.491 e. The monoisotopic (exact) mass is 322 g/mol. The third-order valence-corrected chi connectivity index (χ3v) is 3.07. The summed E-state index contributed by atoms with van der Waals surface area (Å²) in [6.45, 7) is 5.92. The van der Waals surface area contributed by atoms with E-state index in [1.54, 1.807) is 36.2 Å². The Morgan fingerprint density at radius 1 is 1.35 bits per heavy atom. The summed E-state index contributed by atoms with van der Waals surface area (Å²) in [5.74, 6) is 0.425. The van der Waals surface area contributed by atoms with Crippen LogP contribution in [0.4, 0.5) is 0 Å². The van der Waals surface area contributed by atoms with Gasteiger partial charge in [-0.05, 0) is 40.0 Å². The van der Waals surface area contributed by atoms with Crippen LogP contribution in [0.1, 0.15) is 31.1 Å². The number of hydrogen-bond donors (Lipinski definition) is 2. The molecular weight excluding hydrogens is 296 g/mol. The van der Waals surface area contributed by atoms with Gasteiger partial charge in [0.05, 0.1) is 6.54 Å². The van der Waals surface area contributed by atoms with Crippen LogP contribution >= 0.6 is 0 Å². The standard InChI is InChI=1S/C17H26N2O4/c1-12(2)18-17(22)10-19(4)9-15(21)11-23-16-7-5-6-14(8-16)13(3)20/h5-8,12,15,21H,9-11H2,1-4H3,(H,18,22). The number of amides is 1. The Labute approximate surface area is 137 Å². The zero-order valence-corrected chi connectivity index (χ0v) is 14.2. The van der Waals surface area contributed by atoms with Gasteiger partial charge in [0.15, 0.2) is 5.78 Å². The normalized spacial score (nSPS) is 12.3. The van der Waals surface area contributed by atoms with Gasteiger partial charge in [-0.3, -0.25) is 14.5 Å². The molecule has 0 aliphatic rings. The van der Waals surface area contributed by atoms with E-state index in [0.29, 0.717) is 17.9 Å². The van der Waals surface area contributed by atoms with Crippen molar-refractivity contribution in [3.8, 4) is 5.75 Å². The van der Waals surface area contributed by atoms with Gasteiger partial charge >= 0.3 is 0 Å². The molecule has 1 rings (SSSR count). The Hall–Kier alpha value is -1.92. The molecule has 0 aliphatic heterocycles. The van der Waals surface area contributed by atoms with Crippen LogP contribution in [-0.2, 0) is 4.79 Å². The summed E-state index contributed by atoms with van der Waals surface area (Å²) in [5, 5.41) is 12.8. The Morgan fingerprint density at radius 3 is 2.65 bits per heavy atom. The molecule has 1 aromatic rings. The van der Waals surface area contributed by atoms with Crippen molar-refractivity contribution in [1.82, 2.24) is 10.2 Å². The molecule has 128 valence electrons. The number of rotatable bonds is 9. The predicted octanol–water partition coefficient (Wildman–Crippen LogP) is 1.09. The van der Waals surface area contributed by atoms with Gasteiger partial charge in [-0.2, -0.15) is 0 Å². The molecule has 0 saturated carbocycles. The van der Waals surface area contributed by atoms with Crippen LogP contribution < -0.4 is 10.1 Å². The van der Waals surface area contributed by atoms with Crippen molar-refractivity contribution in [2.75, 3.05) is 26.7 Å². The summed E-state index contributed by atoms with van der Waals surface area (Å²) in [5.41, 5.74) is 0.569. The highest BCUT2D eigenvalue weighted by Crippen LogP contribution is 2.14. The molecule has 1 unspecified atom stereocenters. The summed E-state index contributed by atoms with van der Waals surface area (Å²) >= 11 is 0. The van der Waals surface area contributed by atoms with E-state index in [1.807, 2.05) is 13.8 Å². The molecule has 23 heavy (non-hydrogen) atoms. The van der Waals surface area contributed by atoms with Crippen LogP contribution in [-0.4, -0.2) is 60.6 Å². The topological polar surface area (TPSA) is 78.9 Å². The number of nitrogens with one attached hydrogen (secondary N) is 1.